The Morgan fingerprint density at radius 1 is 0.580 bits per heavy atom. The predicted octanol–water partition coefficient (Wildman–Crippen LogP) is 17.5. The largest absolute Gasteiger partial charge is 0.491 e. The Bertz CT molecular complexity index is 2600. The molecule has 1 saturated heterocycles. The van der Waals surface area contributed by atoms with E-state index in [2.05, 4.69) is 155 Å². The molecule has 0 radical (unpaired) electrons. The lowest BCUT2D eigenvalue weighted by Crippen LogP contribution is -2.26. The summed E-state index contributed by atoms with van der Waals surface area (Å²) in [6.07, 6.45) is 27.5. The number of esters is 1. The highest BCUT2D eigenvalue weighted by atomic mass is 16.6. The van der Waals surface area contributed by atoms with Gasteiger partial charge in [0.05, 0.1) is 17.3 Å². The van der Waals surface area contributed by atoms with Crippen molar-refractivity contribution in [3.8, 4) is 11.5 Å². The Hall–Kier alpha value is -5.22. The summed E-state index contributed by atoms with van der Waals surface area (Å²) in [6, 6.07) is 26.3. The van der Waals surface area contributed by atoms with Gasteiger partial charge in [-0.1, -0.05) is 205 Å². The van der Waals surface area contributed by atoms with Crippen LogP contribution in [-0.4, -0.2) is 69.0 Å². The molecule has 4 N–H and O–H groups in total. The molecule has 1 aliphatic heterocycles. The van der Waals surface area contributed by atoms with Crippen molar-refractivity contribution in [3.05, 3.63) is 141 Å². The number of carbonyl (C=O) groups excluding carboxylic acids is 1. The monoisotopic (exact) mass is 1110 g/mol. The van der Waals surface area contributed by atoms with Crippen molar-refractivity contribution in [2.45, 2.75) is 259 Å². The number of aryl methyl sites for hydroxylation is 4. The third-order valence-corrected chi connectivity index (χ3v) is 17.8. The first-order chi connectivity index (χ1) is 38.7. The van der Waals surface area contributed by atoms with Crippen LogP contribution in [0.3, 0.4) is 0 Å². The molecule has 4 aromatic carbocycles. The lowest BCUT2D eigenvalue weighted by atomic mass is 9.70. The van der Waals surface area contributed by atoms with Gasteiger partial charge >= 0.3 is 11.9 Å². The summed E-state index contributed by atoms with van der Waals surface area (Å²) in [5.74, 6) is 0.495. The lowest BCUT2D eigenvalue weighted by molar-refractivity contribution is -0.142. The van der Waals surface area contributed by atoms with Gasteiger partial charge in [0.2, 0.25) is 0 Å². The van der Waals surface area contributed by atoms with Crippen molar-refractivity contribution in [1.29, 1.82) is 0 Å². The molecule has 1 heterocycles. The van der Waals surface area contributed by atoms with Gasteiger partial charge in [-0.25, -0.2) is 0 Å². The molecule has 2 unspecified atom stereocenters. The van der Waals surface area contributed by atoms with Gasteiger partial charge in [0.15, 0.2) is 0 Å². The molecule has 5 rings (SSSR count). The molecular weight excluding hydrogens is 1010 g/mol. The van der Waals surface area contributed by atoms with Crippen LogP contribution in [0.5, 0.6) is 11.5 Å². The minimum absolute atomic E-state index is 0.0698. The van der Waals surface area contributed by atoms with Gasteiger partial charge in [0.25, 0.3) is 0 Å². The standard InChI is InChI=1S/C36H54O5.C36H52O4/c1-7-11-12-13-14-22-35(40,8-2)23-21-29-15-16-30(24-27(29)5)36(9-3,10-4)31-17-19-33(28(6)25-31)41-26-32(37)18-20-34(38)39;1-7-11-12-13-14-22-35(38,8-2)23-21-29-15-16-30(24-27(29)5)36(9-3,10-4)31-17-19-33(28(6)25-31)39-26-32-18-20-34(37)40-32/h15-17,19,21,23-25,32,37,40H,7-14,18,20,22,26H2,1-6H3,(H,38,39);15-17,19,21,23-25,32,38H,7-14,18,20,22,26H2,1-6H3/b2*23-21+/t2*32-,35?/m00/s1. The number of unbranched alkanes of at least 4 members (excludes halogenated alkanes) is 8. The Labute approximate surface area is 490 Å². The molecule has 0 saturated carbocycles. The van der Waals surface area contributed by atoms with Crippen molar-refractivity contribution in [3.63, 3.8) is 0 Å². The number of hydrogen-bond acceptors (Lipinski definition) is 8. The lowest BCUT2D eigenvalue weighted by Gasteiger charge is -2.34. The Morgan fingerprint density at radius 2 is 0.988 bits per heavy atom. The topological polar surface area (TPSA) is 143 Å². The molecule has 9 heteroatoms. The number of aliphatic carboxylic acids is 1. The van der Waals surface area contributed by atoms with E-state index in [9.17, 15) is 24.9 Å². The van der Waals surface area contributed by atoms with Crippen LogP contribution in [0.4, 0.5) is 0 Å². The van der Waals surface area contributed by atoms with Crippen LogP contribution in [0.2, 0.25) is 0 Å². The van der Waals surface area contributed by atoms with Gasteiger partial charge in [-0.05, 0) is 160 Å². The number of hydrogen-bond donors (Lipinski definition) is 4. The number of cyclic esters (lactones) is 1. The number of benzene rings is 4. The quantitative estimate of drug-likeness (QED) is 0.0262. The van der Waals surface area contributed by atoms with Crippen LogP contribution in [0.1, 0.15) is 252 Å². The van der Waals surface area contributed by atoms with E-state index in [1.54, 1.807) is 0 Å². The van der Waals surface area contributed by atoms with Crippen LogP contribution < -0.4 is 9.47 Å². The molecule has 0 bridgehead atoms. The normalized spacial score (nSPS) is 15.7. The van der Waals surface area contributed by atoms with Gasteiger partial charge < -0.3 is 34.6 Å². The van der Waals surface area contributed by atoms with Crippen molar-refractivity contribution < 1.29 is 44.2 Å². The average molecular weight is 1120 g/mol. The zero-order chi connectivity index (χ0) is 59.6. The van der Waals surface area contributed by atoms with Crippen molar-refractivity contribution in [1.82, 2.24) is 0 Å². The number of carboxylic acid groups (broad SMARTS) is 1. The molecule has 1 fully saturated rings. The molecule has 9 nitrogen and oxygen atoms in total. The number of carbonyl (C=O) groups is 2. The molecule has 0 spiro atoms. The molecule has 81 heavy (non-hydrogen) atoms. The summed E-state index contributed by atoms with van der Waals surface area (Å²) in [4.78, 5) is 22.2. The highest BCUT2D eigenvalue weighted by molar-refractivity contribution is 5.71. The van der Waals surface area contributed by atoms with Crippen molar-refractivity contribution in [2.24, 2.45) is 0 Å². The first kappa shape index (κ1) is 68.3. The minimum Gasteiger partial charge on any atom is -0.491 e. The zero-order valence-corrected chi connectivity index (χ0v) is 52.2. The SMILES string of the molecule is CCCCCCCC(O)(/C=C/c1ccc(C(CC)(CC)c2ccc(OC[C@@H](O)CCC(=O)O)c(C)c2)cc1C)CC.CCCCCCCC(O)(/C=C/c1ccc(C(CC)(CC)c2ccc(OC[C@@H]3CCC(=O)O3)c(C)c2)cc1C)CC. The van der Waals surface area contributed by atoms with E-state index in [1.807, 2.05) is 25.1 Å². The highest BCUT2D eigenvalue weighted by Gasteiger charge is 2.34. The van der Waals surface area contributed by atoms with E-state index < -0.39 is 23.3 Å². The van der Waals surface area contributed by atoms with E-state index in [0.717, 1.165) is 92.2 Å². The first-order valence-corrected chi connectivity index (χ1v) is 31.4. The van der Waals surface area contributed by atoms with E-state index >= 15 is 0 Å². The smallest absolute Gasteiger partial charge is 0.306 e. The molecule has 0 aliphatic carbocycles. The fraction of sp³-hybridized carbons (Fsp3) is 0.583. The van der Waals surface area contributed by atoms with Crippen LogP contribution in [0.25, 0.3) is 12.2 Å². The fourth-order valence-electron chi connectivity index (χ4n) is 11.8. The van der Waals surface area contributed by atoms with Gasteiger partial charge in [-0.3, -0.25) is 9.59 Å². The summed E-state index contributed by atoms with van der Waals surface area (Å²) in [6.45, 7) is 26.5. The van der Waals surface area contributed by atoms with Crippen LogP contribution in [0.15, 0.2) is 84.9 Å². The second-order valence-electron chi connectivity index (χ2n) is 23.4. The van der Waals surface area contributed by atoms with E-state index in [1.165, 1.54) is 84.7 Å². The Morgan fingerprint density at radius 3 is 1.35 bits per heavy atom. The number of aliphatic hydroxyl groups excluding tert-OH is 1. The zero-order valence-electron chi connectivity index (χ0n) is 52.2. The van der Waals surface area contributed by atoms with E-state index in [0.29, 0.717) is 25.2 Å². The Balaban J connectivity index is 0.000000348. The number of rotatable bonds is 35. The average Bonchev–Trinajstić information content (AvgIpc) is 4.02. The number of carboxylic acids is 1. The molecule has 4 atom stereocenters. The van der Waals surface area contributed by atoms with Gasteiger partial charge in [-0.2, -0.15) is 0 Å². The molecule has 0 aromatic heterocycles. The molecule has 448 valence electrons. The summed E-state index contributed by atoms with van der Waals surface area (Å²) in [5, 5.41) is 41.2. The summed E-state index contributed by atoms with van der Waals surface area (Å²) < 4.78 is 17.2. The van der Waals surface area contributed by atoms with Gasteiger partial charge in [0.1, 0.15) is 30.8 Å². The van der Waals surface area contributed by atoms with Crippen LogP contribution in [0, 0.1) is 27.7 Å². The summed E-state index contributed by atoms with van der Waals surface area (Å²) >= 11 is 0. The molecular formula is C72H106O9. The molecule has 0 amide bonds. The van der Waals surface area contributed by atoms with E-state index in [-0.39, 0.29) is 42.4 Å². The first-order valence-electron chi connectivity index (χ1n) is 31.4. The maximum absolute atomic E-state index is 11.4. The fourth-order valence-corrected chi connectivity index (χ4v) is 11.8. The third kappa shape index (κ3) is 20.0. The third-order valence-electron chi connectivity index (χ3n) is 17.8. The van der Waals surface area contributed by atoms with Gasteiger partial charge in [0, 0.05) is 23.7 Å². The highest BCUT2D eigenvalue weighted by Crippen LogP contribution is 2.43. The maximum Gasteiger partial charge on any atom is 0.306 e. The maximum atomic E-state index is 11.4. The van der Waals surface area contributed by atoms with Crippen LogP contribution in [-0.2, 0) is 25.2 Å². The van der Waals surface area contributed by atoms with Crippen LogP contribution >= 0.6 is 0 Å². The Kier molecular flexibility index (Phi) is 28.5. The number of aliphatic hydroxyl groups is 3. The minimum atomic E-state index is -0.921. The second kappa shape index (κ2) is 33.8. The number of ether oxygens (including phenoxy) is 3. The van der Waals surface area contributed by atoms with Gasteiger partial charge in [-0.15, -0.1) is 0 Å². The summed E-state index contributed by atoms with van der Waals surface area (Å²) in [5.41, 5.74) is 10.2. The van der Waals surface area contributed by atoms with Crippen molar-refractivity contribution >= 4 is 24.1 Å². The predicted molar refractivity (Wildman–Crippen MR) is 336 cm³/mol. The second-order valence-corrected chi connectivity index (χ2v) is 23.4. The molecule has 1 aliphatic rings. The van der Waals surface area contributed by atoms with Crippen molar-refractivity contribution in [2.75, 3.05) is 13.2 Å². The molecule has 4 aromatic rings. The summed E-state index contributed by atoms with van der Waals surface area (Å²) in [7, 11) is 0. The van der Waals surface area contributed by atoms with E-state index in [4.69, 9.17) is 19.3 Å².